The Hall–Kier alpha value is -3.75. The quantitative estimate of drug-likeness (QED) is 0.439. The molecule has 1 saturated heterocycles. The standard InChI is InChI=1S/C27H28N4O4/c1-27(2,17-32)24-23-21(18-8-10-19(11-9-18)30-12-14-35-15-13-30)16-22(26(33)34)28-25(23)31(29-24)20-6-4-3-5-7-20/h3-11,16,32H,12-15,17H2,1-2H3,(H,33,34). The number of carbonyl (C=O) groups is 1. The number of hydrogen-bond donors (Lipinski definition) is 2. The van der Waals surface area contributed by atoms with Gasteiger partial charge in [0.25, 0.3) is 0 Å². The van der Waals surface area contributed by atoms with E-state index in [1.54, 1.807) is 10.7 Å². The molecule has 2 aromatic carbocycles. The van der Waals surface area contributed by atoms with Gasteiger partial charge in [0.15, 0.2) is 11.3 Å². The molecule has 180 valence electrons. The number of fused-ring (bicyclic) bond motifs is 1. The van der Waals surface area contributed by atoms with Gasteiger partial charge >= 0.3 is 5.97 Å². The Labute approximate surface area is 203 Å². The number of aliphatic hydroxyl groups is 1. The highest BCUT2D eigenvalue weighted by atomic mass is 16.5. The van der Waals surface area contributed by atoms with Crippen LogP contribution in [0.4, 0.5) is 5.69 Å². The van der Waals surface area contributed by atoms with Gasteiger partial charge in [0.05, 0.1) is 36.6 Å². The molecule has 0 unspecified atom stereocenters. The summed E-state index contributed by atoms with van der Waals surface area (Å²) >= 11 is 0. The maximum Gasteiger partial charge on any atom is 0.354 e. The molecule has 0 spiro atoms. The molecule has 35 heavy (non-hydrogen) atoms. The highest BCUT2D eigenvalue weighted by Crippen LogP contribution is 2.38. The van der Waals surface area contributed by atoms with E-state index in [0.29, 0.717) is 24.6 Å². The molecule has 0 aliphatic carbocycles. The molecule has 1 fully saturated rings. The first kappa shape index (κ1) is 23.0. The number of hydrogen-bond acceptors (Lipinski definition) is 6. The van der Waals surface area contributed by atoms with Crippen LogP contribution in [0.25, 0.3) is 27.8 Å². The van der Waals surface area contributed by atoms with Crippen molar-refractivity contribution in [2.75, 3.05) is 37.8 Å². The molecule has 3 heterocycles. The van der Waals surface area contributed by atoms with E-state index in [1.807, 2.05) is 68.4 Å². The number of carboxylic acids is 1. The third-order valence-corrected chi connectivity index (χ3v) is 6.45. The minimum absolute atomic E-state index is 0.0600. The molecule has 2 N–H and O–H groups in total. The topological polar surface area (TPSA) is 101 Å². The summed E-state index contributed by atoms with van der Waals surface area (Å²) in [5, 5.41) is 25.6. The summed E-state index contributed by atoms with van der Waals surface area (Å²) in [5.41, 5.74) is 3.82. The Morgan fingerprint density at radius 1 is 1.03 bits per heavy atom. The summed E-state index contributed by atoms with van der Waals surface area (Å²) in [6, 6.07) is 19.2. The molecule has 0 saturated carbocycles. The van der Waals surface area contributed by atoms with Crippen LogP contribution in [0.5, 0.6) is 0 Å². The lowest BCUT2D eigenvalue weighted by Gasteiger charge is -2.29. The molecule has 8 heteroatoms. The van der Waals surface area contributed by atoms with Gasteiger partial charge in [0.2, 0.25) is 0 Å². The van der Waals surface area contributed by atoms with Crippen molar-refractivity contribution in [3.05, 3.63) is 72.1 Å². The van der Waals surface area contributed by atoms with E-state index in [0.717, 1.165) is 41.0 Å². The van der Waals surface area contributed by atoms with Gasteiger partial charge in [-0.15, -0.1) is 0 Å². The third kappa shape index (κ3) is 4.26. The zero-order chi connectivity index (χ0) is 24.6. The van der Waals surface area contributed by atoms with Crippen molar-refractivity contribution < 1.29 is 19.7 Å². The SMILES string of the molecule is CC(C)(CO)c1nn(-c2ccccc2)c2nc(C(=O)O)cc(-c3ccc(N4CCOCC4)cc3)c12. The van der Waals surface area contributed by atoms with Crippen molar-refractivity contribution in [2.45, 2.75) is 19.3 Å². The lowest BCUT2D eigenvalue weighted by Crippen LogP contribution is -2.36. The predicted octanol–water partition coefficient (Wildman–Crippen LogP) is 3.89. The average molecular weight is 473 g/mol. The van der Waals surface area contributed by atoms with E-state index in [9.17, 15) is 15.0 Å². The lowest BCUT2D eigenvalue weighted by molar-refractivity contribution is 0.0691. The highest BCUT2D eigenvalue weighted by Gasteiger charge is 2.30. The summed E-state index contributed by atoms with van der Waals surface area (Å²) in [7, 11) is 0. The van der Waals surface area contributed by atoms with Crippen molar-refractivity contribution in [3.8, 4) is 16.8 Å². The fourth-order valence-corrected chi connectivity index (χ4v) is 4.42. The molecular weight excluding hydrogens is 444 g/mol. The Balaban J connectivity index is 1.75. The molecule has 2 aromatic heterocycles. The summed E-state index contributed by atoms with van der Waals surface area (Å²) in [4.78, 5) is 18.8. The summed E-state index contributed by atoms with van der Waals surface area (Å²) in [6.45, 7) is 6.78. The van der Waals surface area contributed by atoms with Crippen LogP contribution in [0.15, 0.2) is 60.7 Å². The monoisotopic (exact) mass is 472 g/mol. The van der Waals surface area contributed by atoms with Crippen molar-refractivity contribution in [1.82, 2.24) is 14.8 Å². The van der Waals surface area contributed by atoms with E-state index >= 15 is 0 Å². The van der Waals surface area contributed by atoms with Crippen molar-refractivity contribution in [2.24, 2.45) is 0 Å². The normalized spacial score (nSPS) is 14.4. The molecule has 1 aliphatic heterocycles. The fourth-order valence-electron chi connectivity index (χ4n) is 4.42. The van der Waals surface area contributed by atoms with Crippen LogP contribution in [0, 0.1) is 0 Å². The molecule has 0 amide bonds. The van der Waals surface area contributed by atoms with Crippen LogP contribution in [0.2, 0.25) is 0 Å². The second kappa shape index (κ2) is 9.13. The number of morpholine rings is 1. The van der Waals surface area contributed by atoms with Gasteiger partial charge in [0.1, 0.15) is 0 Å². The Morgan fingerprint density at radius 3 is 2.34 bits per heavy atom. The highest BCUT2D eigenvalue weighted by molar-refractivity contribution is 6.00. The molecule has 0 bridgehead atoms. The van der Waals surface area contributed by atoms with E-state index in [-0.39, 0.29) is 12.3 Å². The van der Waals surface area contributed by atoms with Crippen molar-refractivity contribution >= 4 is 22.7 Å². The molecule has 1 aliphatic rings. The van der Waals surface area contributed by atoms with Gasteiger partial charge in [-0.05, 0) is 41.5 Å². The number of aromatic nitrogens is 3. The number of ether oxygens (including phenoxy) is 1. The van der Waals surface area contributed by atoms with Crippen LogP contribution >= 0.6 is 0 Å². The molecule has 4 aromatic rings. The molecular formula is C27H28N4O4. The van der Waals surface area contributed by atoms with Crippen LogP contribution < -0.4 is 4.90 Å². The maximum atomic E-state index is 12.0. The van der Waals surface area contributed by atoms with Gasteiger partial charge in [-0.2, -0.15) is 5.10 Å². The number of para-hydroxylation sites is 1. The van der Waals surface area contributed by atoms with Crippen molar-refractivity contribution in [1.29, 1.82) is 0 Å². The van der Waals surface area contributed by atoms with Crippen molar-refractivity contribution in [3.63, 3.8) is 0 Å². The zero-order valence-corrected chi connectivity index (χ0v) is 19.8. The van der Waals surface area contributed by atoms with Crippen LogP contribution in [0.3, 0.4) is 0 Å². The van der Waals surface area contributed by atoms with Gasteiger partial charge < -0.3 is 19.8 Å². The Kier molecular flexibility index (Phi) is 6.00. The molecule has 0 radical (unpaired) electrons. The first-order valence-electron chi connectivity index (χ1n) is 11.7. The maximum absolute atomic E-state index is 12.0. The zero-order valence-electron chi connectivity index (χ0n) is 19.8. The summed E-state index contributed by atoms with van der Waals surface area (Å²) in [5.74, 6) is -1.11. The van der Waals surface area contributed by atoms with Gasteiger partial charge in [0, 0.05) is 24.2 Å². The second-order valence-electron chi connectivity index (χ2n) is 9.34. The number of aromatic carboxylic acids is 1. The minimum atomic E-state index is -1.11. The Bertz CT molecular complexity index is 1360. The first-order valence-corrected chi connectivity index (χ1v) is 11.7. The first-order chi connectivity index (χ1) is 16.9. The van der Waals surface area contributed by atoms with Gasteiger partial charge in [-0.3, -0.25) is 0 Å². The second-order valence-corrected chi connectivity index (χ2v) is 9.34. The predicted molar refractivity (Wildman–Crippen MR) is 134 cm³/mol. The number of carboxylic acid groups (broad SMARTS) is 1. The smallest absolute Gasteiger partial charge is 0.354 e. The molecule has 8 nitrogen and oxygen atoms in total. The Morgan fingerprint density at radius 2 is 1.71 bits per heavy atom. The number of benzene rings is 2. The van der Waals surface area contributed by atoms with Crippen LogP contribution in [-0.2, 0) is 10.2 Å². The third-order valence-electron chi connectivity index (χ3n) is 6.45. The number of rotatable bonds is 6. The van der Waals surface area contributed by atoms with E-state index in [4.69, 9.17) is 9.84 Å². The van der Waals surface area contributed by atoms with E-state index < -0.39 is 11.4 Å². The van der Waals surface area contributed by atoms with E-state index in [2.05, 4.69) is 9.88 Å². The van der Waals surface area contributed by atoms with Gasteiger partial charge in [-0.1, -0.05) is 44.2 Å². The summed E-state index contributed by atoms with van der Waals surface area (Å²) < 4.78 is 7.13. The number of nitrogens with zero attached hydrogens (tertiary/aromatic N) is 4. The largest absolute Gasteiger partial charge is 0.477 e. The summed E-state index contributed by atoms with van der Waals surface area (Å²) in [6.07, 6.45) is 0. The number of pyridine rings is 1. The fraction of sp³-hybridized carbons (Fsp3) is 0.296. The van der Waals surface area contributed by atoms with Crippen LogP contribution in [-0.4, -0.2) is 63.9 Å². The lowest BCUT2D eigenvalue weighted by atomic mass is 9.86. The van der Waals surface area contributed by atoms with Gasteiger partial charge in [-0.25, -0.2) is 14.5 Å². The minimum Gasteiger partial charge on any atom is -0.477 e. The molecule has 5 rings (SSSR count). The number of anilines is 1. The van der Waals surface area contributed by atoms with Crippen LogP contribution in [0.1, 0.15) is 30.0 Å². The number of aliphatic hydroxyl groups excluding tert-OH is 1. The molecule has 0 atom stereocenters. The van der Waals surface area contributed by atoms with E-state index in [1.165, 1.54) is 0 Å². The average Bonchev–Trinajstić information content (AvgIpc) is 3.30.